The van der Waals surface area contributed by atoms with Crippen molar-refractivity contribution in [1.29, 1.82) is 0 Å². The van der Waals surface area contributed by atoms with Crippen LogP contribution in [0.25, 0.3) is 0 Å². The minimum atomic E-state index is -0.683. The summed E-state index contributed by atoms with van der Waals surface area (Å²) in [5, 5.41) is 3.04. The average molecular weight is 489 g/mol. The highest BCUT2D eigenvalue weighted by molar-refractivity contribution is 5.88. The normalized spacial score (nSPS) is 11.6. The molecule has 0 fully saturated rings. The molecule has 0 saturated heterocycles. The van der Waals surface area contributed by atoms with Gasteiger partial charge in [0, 0.05) is 19.5 Å². The van der Waals surface area contributed by atoms with E-state index in [2.05, 4.69) is 5.32 Å². The molecule has 0 saturated carbocycles. The van der Waals surface area contributed by atoms with Gasteiger partial charge >= 0.3 is 0 Å². The van der Waals surface area contributed by atoms with Crippen molar-refractivity contribution >= 4 is 11.8 Å². The molecule has 0 aromatic heterocycles. The molecule has 1 atom stereocenters. The van der Waals surface area contributed by atoms with E-state index < -0.39 is 6.04 Å². The zero-order chi connectivity index (χ0) is 25.9. The fourth-order valence-corrected chi connectivity index (χ4v) is 3.85. The minimum Gasteiger partial charge on any atom is -0.497 e. The van der Waals surface area contributed by atoms with Gasteiger partial charge in [0.2, 0.25) is 5.91 Å². The summed E-state index contributed by atoms with van der Waals surface area (Å²) in [6, 6.07) is 24.1. The van der Waals surface area contributed by atoms with Gasteiger partial charge in [0.1, 0.15) is 17.5 Å². The summed E-state index contributed by atoms with van der Waals surface area (Å²) in [6.07, 6.45) is 0.408. The van der Waals surface area contributed by atoms with E-state index in [1.54, 1.807) is 36.3 Å². The third kappa shape index (κ3) is 7.87. The predicted molar refractivity (Wildman–Crippen MR) is 142 cm³/mol. The number of nitrogens with zero attached hydrogens (tertiary/aromatic N) is 1. The van der Waals surface area contributed by atoms with Crippen LogP contribution in [-0.4, -0.2) is 43.0 Å². The number of amides is 2. The highest BCUT2D eigenvalue weighted by atomic mass is 16.5. The molecule has 0 spiro atoms. The maximum atomic E-state index is 13.6. The number of ether oxygens (including phenoxy) is 2. The van der Waals surface area contributed by atoms with Gasteiger partial charge in [-0.1, -0.05) is 68.4 Å². The summed E-state index contributed by atoms with van der Waals surface area (Å²) in [7, 11) is 1.60. The fourth-order valence-electron chi connectivity index (χ4n) is 3.85. The monoisotopic (exact) mass is 488 g/mol. The highest BCUT2D eigenvalue weighted by Crippen LogP contribution is 2.20. The molecule has 1 N–H and O–H groups in total. The predicted octanol–water partition coefficient (Wildman–Crippen LogP) is 4.79. The number of carbonyl (C=O) groups is 2. The standard InChI is InChI=1S/C30H36N2O4/c1-22(2)19-31-30(34)28(18-24-11-6-5-7-12-24)32(20-25-13-9-8-10-23(25)3)29(33)21-36-27-16-14-26(35-4)15-17-27/h5-17,22,28H,18-21H2,1-4H3,(H,31,34)/t28-/m1/s1. The van der Waals surface area contributed by atoms with Crippen molar-refractivity contribution < 1.29 is 19.1 Å². The molecule has 3 rings (SSSR count). The first kappa shape index (κ1) is 26.8. The van der Waals surface area contributed by atoms with Crippen LogP contribution in [-0.2, 0) is 22.6 Å². The van der Waals surface area contributed by atoms with Gasteiger partial charge < -0.3 is 19.7 Å². The molecular formula is C30H36N2O4. The number of carbonyl (C=O) groups excluding carboxylic acids is 2. The lowest BCUT2D eigenvalue weighted by molar-refractivity contribution is -0.142. The van der Waals surface area contributed by atoms with Gasteiger partial charge in [0.05, 0.1) is 7.11 Å². The van der Waals surface area contributed by atoms with Crippen molar-refractivity contribution in [2.45, 2.75) is 39.8 Å². The molecule has 0 radical (unpaired) electrons. The van der Waals surface area contributed by atoms with Gasteiger partial charge in [-0.25, -0.2) is 0 Å². The van der Waals surface area contributed by atoms with Crippen LogP contribution in [0.4, 0.5) is 0 Å². The van der Waals surface area contributed by atoms with E-state index in [9.17, 15) is 9.59 Å². The topological polar surface area (TPSA) is 67.9 Å². The third-order valence-corrected chi connectivity index (χ3v) is 5.98. The average Bonchev–Trinajstić information content (AvgIpc) is 2.89. The molecule has 2 amide bonds. The molecule has 3 aromatic rings. The Bertz CT molecular complexity index is 1110. The molecule has 0 aliphatic rings. The Morgan fingerprint density at radius 2 is 1.53 bits per heavy atom. The fraction of sp³-hybridized carbons (Fsp3) is 0.333. The first-order valence-corrected chi connectivity index (χ1v) is 12.3. The van der Waals surface area contributed by atoms with E-state index in [4.69, 9.17) is 9.47 Å². The van der Waals surface area contributed by atoms with E-state index in [0.29, 0.717) is 36.9 Å². The Morgan fingerprint density at radius 3 is 2.17 bits per heavy atom. The molecule has 6 nitrogen and oxygen atoms in total. The number of aryl methyl sites for hydroxylation is 1. The molecule has 6 heteroatoms. The van der Waals surface area contributed by atoms with Gasteiger partial charge in [-0.3, -0.25) is 9.59 Å². The van der Waals surface area contributed by atoms with Gasteiger partial charge in [-0.2, -0.15) is 0 Å². The molecule has 0 aliphatic heterocycles. The molecule has 190 valence electrons. The Balaban J connectivity index is 1.89. The van der Waals surface area contributed by atoms with E-state index in [0.717, 1.165) is 16.7 Å². The second kappa shape index (κ2) is 13.3. The van der Waals surface area contributed by atoms with Crippen LogP contribution in [0.15, 0.2) is 78.9 Å². The molecular weight excluding hydrogens is 452 g/mol. The van der Waals surface area contributed by atoms with Crippen molar-refractivity contribution in [3.8, 4) is 11.5 Å². The Morgan fingerprint density at radius 1 is 0.889 bits per heavy atom. The third-order valence-electron chi connectivity index (χ3n) is 5.98. The smallest absolute Gasteiger partial charge is 0.261 e. The van der Waals surface area contributed by atoms with Gasteiger partial charge in [-0.05, 0) is 53.8 Å². The Hall–Kier alpha value is -3.80. The van der Waals surface area contributed by atoms with Gasteiger partial charge in [0.25, 0.3) is 5.91 Å². The second-order valence-corrected chi connectivity index (χ2v) is 9.26. The second-order valence-electron chi connectivity index (χ2n) is 9.26. The van der Waals surface area contributed by atoms with Crippen molar-refractivity contribution in [2.75, 3.05) is 20.3 Å². The van der Waals surface area contributed by atoms with Gasteiger partial charge in [0.15, 0.2) is 6.61 Å². The number of hydrogen-bond acceptors (Lipinski definition) is 4. The number of rotatable bonds is 12. The zero-order valence-electron chi connectivity index (χ0n) is 21.6. The van der Waals surface area contributed by atoms with Crippen LogP contribution in [0.5, 0.6) is 11.5 Å². The SMILES string of the molecule is COc1ccc(OCC(=O)N(Cc2ccccc2C)[C@H](Cc2ccccc2)C(=O)NCC(C)C)cc1. The molecule has 0 heterocycles. The summed E-state index contributed by atoms with van der Waals surface area (Å²) >= 11 is 0. The number of benzene rings is 3. The summed E-state index contributed by atoms with van der Waals surface area (Å²) in [6.45, 7) is 6.78. The molecule has 36 heavy (non-hydrogen) atoms. The quantitative estimate of drug-likeness (QED) is 0.398. The van der Waals surface area contributed by atoms with Gasteiger partial charge in [-0.15, -0.1) is 0 Å². The summed E-state index contributed by atoms with van der Waals surface area (Å²) in [5.41, 5.74) is 3.04. The molecule has 3 aromatic carbocycles. The van der Waals surface area contributed by atoms with Crippen LogP contribution < -0.4 is 14.8 Å². The van der Waals surface area contributed by atoms with Crippen LogP contribution >= 0.6 is 0 Å². The maximum absolute atomic E-state index is 13.6. The first-order valence-electron chi connectivity index (χ1n) is 12.3. The molecule has 0 aliphatic carbocycles. The molecule has 0 bridgehead atoms. The van der Waals surface area contributed by atoms with E-state index in [-0.39, 0.29) is 18.4 Å². The van der Waals surface area contributed by atoms with Crippen molar-refractivity contribution in [3.05, 3.63) is 95.6 Å². The van der Waals surface area contributed by atoms with E-state index in [1.165, 1.54) is 0 Å². The number of nitrogens with one attached hydrogen (secondary N) is 1. The van der Waals surface area contributed by atoms with Crippen molar-refractivity contribution in [2.24, 2.45) is 5.92 Å². The highest BCUT2D eigenvalue weighted by Gasteiger charge is 2.31. The van der Waals surface area contributed by atoms with E-state index >= 15 is 0 Å². The van der Waals surface area contributed by atoms with Crippen LogP contribution in [0.1, 0.15) is 30.5 Å². The Labute approximate surface area is 214 Å². The first-order chi connectivity index (χ1) is 17.4. The lowest BCUT2D eigenvalue weighted by Gasteiger charge is -2.32. The lowest BCUT2D eigenvalue weighted by Crippen LogP contribution is -2.52. The lowest BCUT2D eigenvalue weighted by atomic mass is 10.0. The van der Waals surface area contributed by atoms with Crippen LogP contribution in [0.3, 0.4) is 0 Å². The largest absolute Gasteiger partial charge is 0.497 e. The summed E-state index contributed by atoms with van der Waals surface area (Å²) < 4.78 is 11.0. The Kier molecular flexibility index (Phi) is 9.92. The number of hydrogen-bond donors (Lipinski definition) is 1. The zero-order valence-corrected chi connectivity index (χ0v) is 21.6. The summed E-state index contributed by atoms with van der Waals surface area (Å²) in [4.78, 5) is 28.7. The van der Waals surface area contributed by atoms with Crippen LogP contribution in [0.2, 0.25) is 0 Å². The summed E-state index contributed by atoms with van der Waals surface area (Å²) in [5.74, 6) is 1.14. The minimum absolute atomic E-state index is 0.168. The van der Waals surface area contributed by atoms with Crippen molar-refractivity contribution in [1.82, 2.24) is 10.2 Å². The molecule has 0 unspecified atom stereocenters. The number of methoxy groups -OCH3 is 1. The maximum Gasteiger partial charge on any atom is 0.261 e. The van der Waals surface area contributed by atoms with Crippen molar-refractivity contribution in [3.63, 3.8) is 0 Å². The van der Waals surface area contributed by atoms with E-state index in [1.807, 2.05) is 75.4 Å². The van der Waals surface area contributed by atoms with Crippen LogP contribution in [0, 0.1) is 12.8 Å².